The molecule has 1 heterocycles. The summed E-state index contributed by atoms with van der Waals surface area (Å²) in [5.74, 6) is -0.702. The maximum absolute atomic E-state index is 12.0. The van der Waals surface area contributed by atoms with Crippen LogP contribution in [0, 0.1) is 0 Å². The summed E-state index contributed by atoms with van der Waals surface area (Å²) in [5, 5.41) is 0. The quantitative estimate of drug-likeness (QED) is 0.714. The third kappa shape index (κ3) is 3.57. The van der Waals surface area contributed by atoms with E-state index in [1.54, 1.807) is 0 Å². The normalized spacial score (nSPS) is 11.2. The first kappa shape index (κ1) is 11.5. The van der Waals surface area contributed by atoms with E-state index in [1.165, 1.54) is 0 Å². The number of carbonyl (C=O) groups is 1. The molecule has 0 bridgehead atoms. The minimum atomic E-state index is -4.31. The third-order valence-electron chi connectivity index (χ3n) is 1.62. The molecule has 1 rings (SSSR count). The van der Waals surface area contributed by atoms with Crippen molar-refractivity contribution >= 4 is 5.97 Å². The van der Waals surface area contributed by atoms with Crippen LogP contribution in [0.15, 0.2) is 18.5 Å². The van der Waals surface area contributed by atoms with Crippen molar-refractivity contribution in [3.05, 3.63) is 29.6 Å². The molecule has 0 unspecified atom stereocenters. The lowest BCUT2D eigenvalue weighted by Gasteiger charge is -2.06. The molecule has 6 heteroatoms. The number of methoxy groups -OCH3 is 1. The Morgan fingerprint density at radius 2 is 2.13 bits per heavy atom. The number of aromatic nitrogens is 1. The summed E-state index contributed by atoms with van der Waals surface area (Å²) in [6, 6.07) is 1.12. The predicted octanol–water partition coefficient (Wildman–Crippen LogP) is 1.97. The lowest BCUT2D eigenvalue weighted by molar-refractivity contribution is -0.127. The van der Waals surface area contributed by atoms with Gasteiger partial charge in [0, 0.05) is 12.4 Å². The van der Waals surface area contributed by atoms with Crippen LogP contribution >= 0.6 is 0 Å². The first-order valence-electron chi connectivity index (χ1n) is 4.01. The number of ether oxygens (including phenoxy) is 1. The number of carbonyl (C=O) groups excluding carboxylic acids is 1. The van der Waals surface area contributed by atoms with E-state index < -0.39 is 18.6 Å². The molecule has 15 heavy (non-hydrogen) atoms. The van der Waals surface area contributed by atoms with Crippen LogP contribution < -0.4 is 0 Å². The average molecular weight is 219 g/mol. The average Bonchev–Trinajstić information content (AvgIpc) is 2.14. The van der Waals surface area contributed by atoms with Gasteiger partial charge in [-0.15, -0.1) is 0 Å². The van der Waals surface area contributed by atoms with Gasteiger partial charge in [0.25, 0.3) is 0 Å². The number of halogens is 3. The van der Waals surface area contributed by atoms with Gasteiger partial charge < -0.3 is 4.74 Å². The number of rotatable bonds is 2. The van der Waals surface area contributed by atoms with Crippen LogP contribution in [0.4, 0.5) is 13.2 Å². The highest BCUT2D eigenvalue weighted by atomic mass is 19.4. The number of hydrogen-bond acceptors (Lipinski definition) is 3. The van der Waals surface area contributed by atoms with E-state index >= 15 is 0 Å². The molecule has 3 nitrogen and oxygen atoms in total. The van der Waals surface area contributed by atoms with E-state index in [-0.39, 0.29) is 11.1 Å². The molecule has 1 aromatic rings. The van der Waals surface area contributed by atoms with E-state index in [1.807, 2.05) is 0 Å². The summed E-state index contributed by atoms with van der Waals surface area (Å²) in [7, 11) is 1.15. The Hall–Kier alpha value is -1.59. The second kappa shape index (κ2) is 4.29. The van der Waals surface area contributed by atoms with Crippen molar-refractivity contribution in [2.45, 2.75) is 12.6 Å². The molecule has 0 aliphatic carbocycles. The zero-order valence-corrected chi connectivity index (χ0v) is 7.84. The van der Waals surface area contributed by atoms with Gasteiger partial charge in [-0.05, 0) is 11.6 Å². The van der Waals surface area contributed by atoms with Crippen LogP contribution in [0.25, 0.3) is 0 Å². The SMILES string of the molecule is COC(=O)c1cncc(CC(F)(F)F)c1. The summed E-state index contributed by atoms with van der Waals surface area (Å²) in [5.41, 5.74) is -0.0512. The summed E-state index contributed by atoms with van der Waals surface area (Å²) >= 11 is 0. The van der Waals surface area contributed by atoms with Gasteiger partial charge in [-0.25, -0.2) is 4.79 Å². The van der Waals surface area contributed by atoms with Crippen LogP contribution in [0.5, 0.6) is 0 Å². The van der Waals surface area contributed by atoms with Gasteiger partial charge in [0.05, 0.1) is 19.1 Å². The fraction of sp³-hybridized carbons (Fsp3) is 0.333. The molecule has 0 amide bonds. The first-order chi connectivity index (χ1) is 6.92. The number of nitrogens with zero attached hydrogens (tertiary/aromatic N) is 1. The van der Waals surface area contributed by atoms with Crippen LogP contribution in [-0.2, 0) is 11.2 Å². The lowest BCUT2D eigenvalue weighted by atomic mass is 10.1. The molecule has 82 valence electrons. The summed E-state index contributed by atoms with van der Waals surface area (Å²) in [4.78, 5) is 14.5. The van der Waals surface area contributed by atoms with E-state index in [9.17, 15) is 18.0 Å². The molecule has 0 radical (unpaired) electrons. The van der Waals surface area contributed by atoms with Crippen molar-refractivity contribution in [3.8, 4) is 0 Å². The minimum Gasteiger partial charge on any atom is -0.465 e. The van der Waals surface area contributed by atoms with E-state index in [0.717, 1.165) is 25.6 Å². The maximum Gasteiger partial charge on any atom is 0.393 e. The fourth-order valence-electron chi connectivity index (χ4n) is 1.05. The number of hydrogen-bond donors (Lipinski definition) is 0. The van der Waals surface area contributed by atoms with E-state index in [2.05, 4.69) is 9.72 Å². The van der Waals surface area contributed by atoms with Gasteiger partial charge >= 0.3 is 12.1 Å². The Kier molecular flexibility index (Phi) is 3.28. The fourth-order valence-corrected chi connectivity index (χ4v) is 1.05. The summed E-state index contributed by atoms with van der Waals surface area (Å²) < 4.78 is 40.4. The van der Waals surface area contributed by atoms with Crippen molar-refractivity contribution < 1.29 is 22.7 Å². The van der Waals surface area contributed by atoms with E-state index in [0.29, 0.717) is 0 Å². The molecule has 0 atom stereocenters. The van der Waals surface area contributed by atoms with Gasteiger partial charge in [0.15, 0.2) is 0 Å². The highest BCUT2D eigenvalue weighted by Crippen LogP contribution is 2.21. The number of esters is 1. The molecule has 0 spiro atoms. The van der Waals surface area contributed by atoms with Gasteiger partial charge in [-0.2, -0.15) is 13.2 Å². The number of pyridine rings is 1. The van der Waals surface area contributed by atoms with Crippen LogP contribution in [0.2, 0.25) is 0 Å². The molecule has 0 fully saturated rings. The number of alkyl halides is 3. The zero-order valence-electron chi connectivity index (χ0n) is 7.84. The zero-order chi connectivity index (χ0) is 11.5. The van der Waals surface area contributed by atoms with Crippen LogP contribution in [-0.4, -0.2) is 24.2 Å². The monoisotopic (exact) mass is 219 g/mol. The second-order valence-corrected chi connectivity index (χ2v) is 2.87. The van der Waals surface area contributed by atoms with Gasteiger partial charge in [-0.3, -0.25) is 4.98 Å². The largest absolute Gasteiger partial charge is 0.465 e. The minimum absolute atomic E-state index is 0.0132. The molecule has 0 saturated carbocycles. The maximum atomic E-state index is 12.0. The Bertz CT molecular complexity index is 363. The molecule has 0 saturated heterocycles. The van der Waals surface area contributed by atoms with Crippen molar-refractivity contribution in [1.82, 2.24) is 4.98 Å². The molecule has 0 aliphatic rings. The van der Waals surface area contributed by atoms with Gasteiger partial charge in [0.2, 0.25) is 0 Å². The van der Waals surface area contributed by atoms with Crippen LogP contribution in [0.1, 0.15) is 15.9 Å². The molecule has 1 aromatic heterocycles. The Morgan fingerprint density at radius 3 is 2.67 bits per heavy atom. The predicted molar refractivity (Wildman–Crippen MR) is 45.3 cm³/mol. The summed E-state index contributed by atoms with van der Waals surface area (Å²) in [6.07, 6.45) is -3.19. The highest BCUT2D eigenvalue weighted by Gasteiger charge is 2.28. The molecule has 0 N–H and O–H groups in total. The van der Waals surface area contributed by atoms with Crippen molar-refractivity contribution in [2.75, 3.05) is 7.11 Å². The first-order valence-corrected chi connectivity index (χ1v) is 4.01. The molecule has 0 aliphatic heterocycles. The summed E-state index contributed by atoms with van der Waals surface area (Å²) in [6.45, 7) is 0. The lowest BCUT2D eigenvalue weighted by Crippen LogP contribution is -2.12. The Labute approximate surface area is 83.9 Å². The topological polar surface area (TPSA) is 39.2 Å². The van der Waals surface area contributed by atoms with Gasteiger partial charge in [-0.1, -0.05) is 0 Å². The van der Waals surface area contributed by atoms with Gasteiger partial charge in [0.1, 0.15) is 0 Å². The molecular formula is C9H8F3NO2. The molecular weight excluding hydrogens is 211 g/mol. The van der Waals surface area contributed by atoms with Crippen molar-refractivity contribution in [1.29, 1.82) is 0 Å². The van der Waals surface area contributed by atoms with Crippen LogP contribution in [0.3, 0.4) is 0 Å². The van der Waals surface area contributed by atoms with Crippen molar-refractivity contribution in [2.24, 2.45) is 0 Å². The third-order valence-corrected chi connectivity index (χ3v) is 1.62. The smallest absolute Gasteiger partial charge is 0.393 e. The standard InChI is InChI=1S/C9H8F3NO2/c1-15-8(14)7-2-6(4-13-5-7)3-9(10,11)12/h2,4-5H,3H2,1H3. The Balaban J connectivity index is 2.88. The molecule has 0 aromatic carbocycles. The second-order valence-electron chi connectivity index (χ2n) is 2.87. The highest BCUT2D eigenvalue weighted by molar-refractivity contribution is 5.89. The van der Waals surface area contributed by atoms with Crippen molar-refractivity contribution in [3.63, 3.8) is 0 Å². The Morgan fingerprint density at radius 1 is 1.47 bits per heavy atom. The van der Waals surface area contributed by atoms with E-state index in [4.69, 9.17) is 0 Å².